The zero-order valence-electron chi connectivity index (χ0n) is 18.6. The number of ether oxygens (including phenoxy) is 2. The highest BCUT2D eigenvalue weighted by Crippen LogP contribution is 2.44. The minimum atomic E-state index is -0.854. The van der Waals surface area contributed by atoms with Gasteiger partial charge in [0, 0.05) is 36.1 Å². The van der Waals surface area contributed by atoms with Crippen LogP contribution in [0.5, 0.6) is 11.5 Å². The number of hydrogen-bond acceptors (Lipinski definition) is 6. The summed E-state index contributed by atoms with van der Waals surface area (Å²) in [5.41, 5.74) is 2.80. The Kier molecular flexibility index (Phi) is 6.13. The number of ketones is 1. The number of aliphatic hydroxyl groups is 1. The molecule has 1 aliphatic rings. The number of methoxy groups -OCH3 is 2. The Morgan fingerprint density at radius 2 is 1.82 bits per heavy atom. The summed E-state index contributed by atoms with van der Waals surface area (Å²) in [6.45, 7) is 2.07. The summed E-state index contributed by atoms with van der Waals surface area (Å²) < 4.78 is 10.9. The quantitative estimate of drug-likeness (QED) is 0.351. The number of Topliss-reactive ketones (excluding diaryl/α,β-unsaturated/α-hetero) is 1. The number of aryl methyl sites for hydroxylation is 1. The van der Waals surface area contributed by atoms with Crippen LogP contribution in [0.25, 0.3) is 5.76 Å². The number of pyridine rings is 1. The molecule has 1 saturated heterocycles. The van der Waals surface area contributed by atoms with Crippen molar-refractivity contribution in [1.29, 1.82) is 0 Å². The first-order chi connectivity index (χ1) is 15.9. The molecule has 2 heterocycles. The summed E-state index contributed by atoms with van der Waals surface area (Å²) in [6, 6.07) is 15.0. The predicted molar refractivity (Wildman–Crippen MR) is 123 cm³/mol. The number of nitrogens with zero attached hydrogens (tertiary/aromatic N) is 2. The van der Waals surface area contributed by atoms with Crippen LogP contribution in [0.2, 0.25) is 0 Å². The second kappa shape index (κ2) is 9.16. The molecule has 0 unspecified atom stereocenters. The largest absolute Gasteiger partial charge is 0.507 e. The van der Waals surface area contributed by atoms with Crippen LogP contribution in [0.4, 0.5) is 0 Å². The van der Waals surface area contributed by atoms with E-state index in [0.717, 1.165) is 11.1 Å². The highest BCUT2D eigenvalue weighted by Gasteiger charge is 2.47. The highest BCUT2D eigenvalue weighted by atomic mass is 16.5. The fourth-order valence-electron chi connectivity index (χ4n) is 3.97. The maximum atomic E-state index is 13.2. The van der Waals surface area contributed by atoms with E-state index in [-0.39, 0.29) is 17.9 Å². The first kappa shape index (κ1) is 22.1. The number of amides is 1. The summed E-state index contributed by atoms with van der Waals surface area (Å²) in [6.07, 6.45) is 3.28. The molecule has 0 bridgehead atoms. The topological polar surface area (TPSA) is 89.0 Å². The van der Waals surface area contributed by atoms with Gasteiger partial charge in [0.2, 0.25) is 0 Å². The average molecular weight is 444 g/mol. The number of aliphatic hydroxyl groups excluding tert-OH is 1. The molecule has 1 amide bonds. The van der Waals surface area contributed by atoms with E-state index in [0.29, 0.717) is 22.6 Å². The normalized spacial score (nSPS) is 17.3. The van der Waals surface area contributed by atoms with E-state index >= 15 is 0 Å². The van der Waals surface area contributed by atoms with Crippen molar-refractivity contribution in [3.63, 3.8) is 0 Å². The van der Waals surface area contributed by atoms with E-state index in [1.54, 1.807) is 55.9 Å². The Morgan fingerprint density at radius 1 is 1.06 bits per heavy atom. The number of benzene rings is 2. The number of carbonyl (C=O) groups is 2. The van der Waals surface area contributed by atoms with E-state index in [9.17, 15) is 14.7 Å². The lowest BCUT2D eigenvalue weighted by atomic mass is 9.94. The van der Waals surface area contributed by atoms with Gasteiger partial charge in [-0.3, -0.25) is 14.6 Å². The molecule has 0 saturated carbocycles. The standard InChI is InChI=1S/C26H24N2O5/c1-16-6-8-18(9-7-16)24(29)22-23(20-11-10-19(32-2)13-21(20)33-3)28(26(31)25(22)30)15-17-5-4-12-27-14-17/h4-14,23,29H,15H2,1-3H3/t23-/m1/s1. The third kappa shape index (κ3) is 4.17. The van der Waals surface area contributed by atoms with Crippen molar-refractivity contribution < 1.29 is 24.2 Å². The Balaban J connectivity index is 1.91. The molecule has 4 rings (SSSR count). The van der Waals surface area contributed by atoms with Crippen molar-refractivity contribution in [2.45, 2.75) is 19.5 Å². The molecular weight excluding hydrogens is 420 g/mol. The molecule has 1 aliphatic heterocycles. The van der Waals surface area contributed by atoms with Crippen LogP contribution in [0.1, 0.15) is 28.3 Å². The first-order valence-electron chi connectivity index (χ1n) is 10.4. The van der Waals surface area contributed by atoms with Gasteiger partial charge in [-0.25, -0.2) is 0 Å². The summed E-state index contributed by atoms with van der Waals surface area (Å²) in [7, 11) is 3.05. The molecule has 168 valence electrons. The molecule has 3 aromatic rings. The molecule has 2 aromatic carbocycles. The highest BCUT2D eigenvalue weighted by molar-refractivity contribution is 6.46. The molecule has 0 spiro atoms. The fourth-order valence-corrected chi connectivity index (χ4v) is 3.97. The monoisotopic (exact) mass is 444 g/mol. The Hall–Kier alpha value is -4.13. The van der Waals surface area contributed by atoms with Gasteiger partial charge in [0.25, 0.3) is 11.7 Å². The van der Waals surface area contributed by atoms with Gasteiger partial charge >= 0.3 is 0 Å². The lowest BCUT2D eigenvalue weighted by molar-refractivity contribution is -0.140. The molecule has 0 aliphatic carbocycles. The third-order valence-corrected chi connectivity index (χ3v) is 5.68. The van der Waals surface area contributed by atoms with Crippen LogP contribution in [0, 0.1) is 6.92 Å². The van der Waals surface area contributed by atoms with Crippen molar-refractivity contribution in [3.8, 4) is 11.5 Å². The van der Waals surface area contributed by atoms with Crippen LogP contribution in [0.15, 0.2) is 72.6 Å². The maximum absolute atomic E-state index is 13.2. The second-order valence-corrected chi connectivity index (χ2v) is 7.76. The van der Waals surface area contributed by atoms with Crippen LogP contribution < -0.4 is 9.47 Å². The molecule has 1 N–H and O–H groups in total. The molecule has 33 heavy (non-hydrogen) atoms. The van der Waals surface area contributed by atoms with E-state index < -0.39 is 17.7 Å². The van der Waals surface area contributed by atoms with Crippen molar-refractivity contribution in [1.82, 2.24) is 9.88 Å². The van der Waals surface area contributed by atoms with Gasteiger partial charge < -0.3 is 19.5 Å². The molecule has 7 nitrogen and oxygen atoms in total. The molecular formula is C26H24N2O5. The number of aromatic nitrogens is 1. The minimum absolute atomic E-state index is 0.0104. The van der Waals surface area contributed by atoms with Gasteiger partial charge in [-0.05, 0) is 30.7 Å². The van der Waals surface area contributed by atoms with Gasteiger partial charge in [-0.1, -0.05) is 35.9 Å². The predicted octanol–water partition coefficient (Wildman–Crippen LogP) is 4.03. The average Bonchev–Trinajstić information content (AvgIpc) is 3.09. The summed E-state index contributed by atoms with van der Waals surface area (Å²) in [4.78, 5) is 31.9. The van der Waals surface area contributed by atoms with E-state index in [2.05, 4.69) is 4.98 Å². The van der Waals surface area contributed by atoms with Crippen LogP contribution in [-0.2, 0) is 16.1 Å². The lowest BCUT2D eigenvalue weighted by Crippen LogP contribution is -2.29. The fraction of sp³-hybridized carbons (Fsp3) is 0.192. The van der Waals surface area contributed by atoms with Crippen LogP contribution >= 0.6 is 0 Å². The Morgan fingerprint density at radius 3 is 2.45 bits per heavy atom. The van der Waals surface area contributed by atoms with Crippen LogP contribution in [0.3, 0.4) is 0 Å². The molecule has 1 atom stereocenters. The number of likely N-dealkylation sites (tertiary alicyclic amines) is 1. The van der Waals surface area contributed by atoms with E-state index in [4.69, 9.17) is 9.47 Å². The molecule has 1 aromatic heterocycles. The van der Waals surface area contributed by atoms with Crippen molar-refractivity contribution in [2.24, 2.45) is 0 Å². The maximum Gasteiger partial charge on any atom is 0.295 e. The van der Waals surface area contributed by atoms with Gasteiger partial charge in [0.05, 0.1) is 25.8 Å². The van der Waals surface area contributed by atoms with Crippen molar-refractivity contribution in [2.75, 3.05) is 14.2 Å². The van der Waals surface area contributed by atoms with E-state index in [1.165, 1.54) is 12.0 Å². The Labute approximate surface area is 191 Å². The first-order valence-corrected chi connectivity index (χ1v) is 10.4. The zero-order chi connectivity index (χ0) is 23.5. The van der Waals surface area contributed by atoms with Gasteiger partial charge in [-0.2, -0.15) is 0 Å². The van der Waals surface area contributed by atoms with Gasteiger partial charge in [-0.15, -0.1) is 0 Å². The smallest absolute Gasteiger partial charge is 0.295 e. The van der Waals surface area contributed by atoms with Crippen molar-refractivity contribution in [3.05, 3.63) is 94.8 Å². The van der Waals surface area contributed by atoms with Crippen LogP contribution in [-0.4, -0.2) is 40.9 Å². The lowest BCUT2D eigenvalue weighted by Gasteiger charge is -2.26. The number of rotatable bonds is 6. The zero-order valence-corrected chi connectivity index (χ0v) is 18.6. The van der Waals surface area contributed by atoms with Gasteiger partial charge in [0.1, 0.15) is 17.3 Å². The van der Waals surface area contributed by atoms with E-state index in [1.807, 2.05) is 25.1 Å². The molecule has 1 fully saturated rings. The minimum Gasteiger partial charge on any atom is -0.507 e. The number of hydrogen-bond donors (Lipinski definition) is 1. The van der Waals surface area contributed by atoms with Gasteiger partial charge in [0.15, 0.2) is 0 Å². The van der Waals surface area contributed by atoms with Crippen molar-refractivity contribution >= 4 is 17.4 Å². The third-order valence-electron chi connectivity index (χ3n) is 5.68. The number of carbonyl (C=O) groups excluding carboxylic acids is 2. The summed E-state index contributed by atoms with van der Waals surface area (Å²) in [5, 5.41) is 11.2. The SMILES string of the molecule is COc1ccc([C@@H]2C(=C(O)c3ccc(C)cc3)C(=O)C(=O)N2Cc2cccnc2)c(OC)c1. The summed E-state index contributed by atoms with van der Waals surface area (Å²) >= 11 is 0. The summed E-state index contributed by atoms with van der Waals surface area (Å²) in [5.74, 6) is -0.675. The second-order valence-electron chi connectivity index (χ2n) is 7.76. The molecule has 7 heteroatoms. The Bertz CT molecular complexity index is 1220. The molecule has 0 radical (unpaired) electrons.